The lowest BCUT2D eigenvalue weighted by molar-refractivity contribution is 0.341. The Labute approximate surface area is 49.0 Å². The van der Waals surface area contributed by atoms with Crippen molar-refractivity contribution in [3.05, 3.63) is 12.8 Å². The van der Waals surface area contributed by atoms with Crippen LogP contribution in [0, 0.1) is 0 Å². The summed E-state index contributed by atoms with van der Waals surface area (Å²) in [5.74, 6) is 0. The smallest absolute Gasteiger partial charge is 0.192 e. The fourth-order valence-electron chi connectivity index (χ4n) is 0.195. The average Bonchev–Trinajstić information content (AvgIpc) is 1.81. The van der Waals surface area contributed by atoms with Gasteiger partial charge < -0.3 is 4.74 Å². The van der Waals surface area contributed by atoms with Crippen LogP contribution < -0.4 is 5.43 Å². The van der Waals surface area contributed by atoms with Crippen molar-refractivity contribution in [1.82, 2.24) is 5.43 Å². The maximum Gasteiger partial charge on any atom is 0.192 e. The molecule has 0 aromatic heterocycles. The SMILES string of the molecule is C=CN/N=C\OCC. The van der Waals surface area contributed by atoms with Crippen LogP contribution in [-0.2, 0) is 4.74 Å². The fourth-order valence-corrected chi connectivity index (χ4v) is 0.195. The molecule has 8 heavy (non-hydrogen) atoms. The van der Waals surface area contributed by atoms with Gasteiger partial charge in [-0.15, -0.1) is 5.10 Å². The molecule has 0 aromatic carbocycles. The highest BCUT2D eigenvalue weighted by molar-refractivity contribution is 5.45. The van der Waals surface area contributed by atoms with Gasteiger partial charge in [0, 0.05) is 6.20 Å². The van der Waals surface area contributed by atoms with Crippen LogP contribution in [0.1, 0.15) is 6.92 Å². The van der Waals surface area contributed by atoms with E-state index in [1.807, 2.05) is 6.92 Å². The fraction of sp³-hybridized carbons (Fsp3) is 0.400. The van der Waals surface area contributed by atoms with E-state index in [0.717, 1.165) is 0 Å². The molecule has 0 saturated carbocycles. The van der Waals surface area contributed by atoms with E-state index in [1.54, 1.807) is 0 Å². The van der Waals surface area contributed by atoms with Gasteiger partial charge in [0.15, 0.2) is 6.40 Å². The normalized spacial score (nSPS) is 9.12. The zero-order valence-corrected chi connectivity index (χ0v) is 4.92. The highest BCUT2D eigenvalue weighted by Gasteiger charge is 1.65. The number of nitrogens with one attached hydrogen (secondary N) is 1. The summed E-state index contributed by atoms with van der Waals surface area (Å²) in [6, 6.07) is 0. The second-order valence-electron chi connectivity index (χ2n) is 1.02. The van der Waals surface area contributed by atoms with Crippen LogP contribution in [0.2, 0.25) is 0 Å². The summed E-state index contributed by atoms with van der Waals surface area (Å²) in [7, 11) is 0. The molecule has 3 heteroatoms. The number of nitrogens with zero attached hydrogens (tertiary/aromatic N) is 1. The Hall–Kier alpha value is -0.990. The Morgan fingerprint density at radius 1 is 1.88 bits per heavy atom. The molecule has 3 nitrogen and oxygen atoms in total. The largest absolute Gasteiger partial charge is 0.482 e. The number of hydrogen-bond donors (Lipinski definition) is 1. The highest BCUT2D eigenvalue weighted by atomic mass is 16.5. The lowest BCUT2D eigenvalue weighted by atomic mass is 10.9. The molecular weight excluding hydrogens is 104 g/mol. The van der Waals surface area contributed by atoms with Crippen molar-refractivity contribution < 1.29 is 4.74 Å². The van der Waals surface area contributed by atoms with Gasteiger partial charge in [-0.1, -0.05) is 6.58 Å². The van der Waals surface area contributed by atoms with E-state index in [1.165, 1.54) is 12.6 Å². The molecule has 1 N–H and O–H groups in total. The van der Waals surface area contributed by atoms with Crippen LogP contribution in [0.4, 0.5) is 0 Å². The van der Waals surface area contributed by atoms with Crippen LogP contribution >= 0.6 is 0 Å². The van der Waals surface area contributed by atoms with E-state index in [9.17, 15) is 0 Å². The van der Waals surface area contributed by atoms with Gasteiger partial charge in [0.1, 0.15) is 0 Å². The van der Waals surface area contributed by atoms with Crippen molar-refractivity contribution in [2.75, 3.05) is 6.61 Å². The first-order chi connectivity index (χ1) is 3.91. The molecule has 0 heterocycles. The first kappa shape index (κ1) is 7.01. The molecule has 0 spiro atoms. The van der Waals surface area contributed by atoms with Gasteiger partial charge >= 0.3 is 0 Å². The zero-order chi connectivity index (χ0) is 6.24. The maximum absolute atomic E-state index is 4.73. The number of hydrogen-bond acceptors (Lipinski definition) is 3. The molecule has 0 aliphatic heterocycles. The van der Waals surface area contributed by atoms with E-state index in [4.69, 9.17) is 4.74 Å². The monoisotopic (exact) mass is 114 g/mol. The van der Waals surface area contributed by atoms with Crippen molar-refractivity contribution in [3.8, 4) is 0 Å². The summed E-state index contributed by atoms with van der Waals surface area (Å²) >= 11 is 0. The van der Waals surface area contributed by atoms with Gasteiger partial charge in [-0.2, -0.15) is 0 Å². The number of ether oxygens (including phenoxy) is 1. The summed E-state index contributed by atoms with van der Waals surface area (Å²) < 4.78 is 4.73. The van der Waals surface area contributed by atoms with Gasteiger partial charge in [0.2, 0.25) is 0 Å². The van der Waals surface area contributed by atoms with Crippen molar-refractivity contribution in [1.29, 1.82) is 0 Å². The molecule has 0 radical (unpaired) electrons. The van der Waals surface area contributed by atoms with E-state index in [-0.39, 0.29) is 0 Å². The standard InChI is InChI=1S/C5H10N2O/c1-3-6-7-5-8-4-2/h3,5-6H,1,4H2,2H3/b7-5-. The third kappa shape index (κ3) is 5.01. The summed E-state index contributed by atoms with van der Waals surface area (Å²) in [4.78, 5) is 0. The number of rotatable bonds is 4. The second-order valence-corrected chi connectivity index (χ2v) is 1.02. The predicted molar refractivity (Wildman–Crippen MR) is 33.5 cm³/mol. The first-order valence-corrected chi connectivity index (χ1v) is 2.41. The summed E-state index contributed by atoms with van der Waals surface area (Å²) in [6.07, 6.45) is 2.80. The maximum atomic E-state index is 4.73. The van der Waals surface area contributed by atoms with Crippen LogP contribution in [0.3, 0.4) is 0 Å². The Kier molecular flexibility index (Phi) is 5.27. The van der Waals surface area contributed by atoms with Crippen LogP contribution in [-0.4, -0.2) is 13.0 Å². The van der Waals surface area contributed by atoms with Gasteiger partial charge in [-0.3, -0.25) is 5.43 Å². The summed E-state index contributed by atoms with van der Waals surface area (Å²) in [6.45, 7) is 5.91. The van der Waals surface area contributed by atoms with Crippen molar-refractivity contribution >= 4 is 6.40 Å². The zero-order valence-electron chi connectivity index (χ0n) is 4.92. The molecule has 0 bridgehead atoms. The molecule has 0 rings (SSSR count). The molecule has 0 amide bonds. The topological polar surface area (TPSA) is 33.6 Å². The number of hydrazone groups is 1. The molecular formula is C5H10N2O. The molecule has 0 aliphatic carbocycles. The first-order valence-electron chi connectivity index (χ1n) is 2.41. The lowest BCUT2D eigenvalue weighted by Crippen LogP contribution is -1.94. The minimum absolute atomic E-state index is 0.641. The van der Waals surface area contributed by atoms with E-state index in [0.29, 0.717) is 6.61 Å². The molecule has 0 unspecified atom stereocenters. The molecule has 0 aromatic rings. The van der Waals surface area contributed by atoms with Crippen LogP contribution in [0.15, 0.2) is 17.9 Å². The Morgan fingerprint density at radius 3 is 3.12 bits per heavy atom. The molecule has 0 atom stereocenters. The summed E-state index contributed by atoms with van der Waals surface area (Å²) in [5, 5.41) is 3.56. The Morgan fingerprint density at radius 2 is 2.62 bits per heavy atom. The Bertz CT molecular complexity index is 80.5. The Balaban J connectivity index is 2.94. The molecule has 0 fully saturated rings. The minimum atomic E-state index is 0.641. The van der Waals surface area contributed by atoms with Crippen LogP contribution in [0.5, 0.6) is 0 Å². The highest BCUT2D eigenvalue weighted by Crippen LogP contribution is 1.62. The summed E-state index contributed by atoms with van der Waals surface area (Å²) in [5.41, 5.74) is 2.49. The molecule has 0 saturated heterocycles. The van der Waals surface area contributed by atoms with Gasteiger partial charge in [-0.25, -0.2) is 0 Å². The average molecular weight is 114 g/mol. The van der Waals surface area contributed by atoms with Crippen molar-refractivity contribution in [3.63, 3.8) is 0 Å². The molecule has 46 valence electrons. The van der Waals surface area contributed by atoms with Crippen molar-refractivity contribution in [2.45, 2.75) is 6.92 Å². The van der Waals surface area contributed by atoms with E-state index < -0.39 is 0 Å². The third-order valence-corrected chi connectivity index (χ3v) is 0.460. The van der Waals surface area contributed by atoms with E-state index >= 15 is 0 Å². The van der Waals surface area contributed by atoms with Gasteiger partial charge in [0.05, 0.1) is 6.61 Å². The predicted octanol–water partition coefficient (Wildman–Crippen LogP) is 0.699. The second kappa shape index (κ2) is 6.01. The van der Waals surface area contributed by atoms with E-state index in [2.05, 4.69) is 17.1 Å². The third-order valence-electron chi connectivity index (χ3n) is 0.460. The van der Waals surface area contributed by atoms with Crippen molar-refractivity contribution in [2.24, 2.45) is 5.10 Å². The van der Waals surface area contributed by atoms with Gasteiger partial charge in [0.25, 0.3) is 0 Å². The minimum Gasteiger partial charge on any atom is -0.482 e. The quantitative estimate of drug-likeness (QED) is 0.331. The molecule has 0 aliphatic rings. The van der Waals surface area contributed by atoms with Gasteiger partial charge in [-0.05, 0) is 6.92 Å². The van der Waals surface area contributed by atoms with Crippen LogP contribution in [0.25, 0.3) is 0 Å². The lowest BCUT2D eigenvalue weighted by Gasteiger charge is -1.89.